The highest BCUT2D eigenvalue weighted by Crippen LogP contribution is 2.25. The van der Waals surface area contributed by atoms with Crippen LogP contribution >= 0.6 is 35.0 Å². The zero-order valence-corrected chi connectivity index (χ0v) is 12.8. The number of nitrogens with one attached hydrogen (secondary N) is 1. The van der Waals surface area contributed by atoms with Gasteiger partial charge in [-0.3, -0.25) is 0 Å². The monoisotopic (exact) mass is 291 g/mol. The van der Waals surface area contributed by atoms with E-state index in [4.69, 9.17) is 23.2 Å². The van der Waals surface area contributed by atoms with Crippen LogP contribution in [0.5, 0.6) is 0 Å². The molecule has 1 N–H and O–H groups in total. The van der Waals surface area contributed by atoms with Crippen LogP contribution < -0.4 is 5.32 Å². The molecule has 1 rings (SSSR count). The van der Waals surface area contributed by atoms with Gasteiger partial charge in [0.2, 0.25) is 0 Å². The molecule has 0 amide bonds. The number of halogens is 2. The third-order valence-corrected chi connectivity index (χ3v) is 4.63. The first-order chi connectivity index (χ1) is 8.04. The molecule has 0 aliphatic carbocycles. The molecular weight excluding hydrogens is 273 g/mol. The minimum absolute atomic E-state index is 0.304. The lowest BCUT2D eigenvalue weighted by Crippen LogP contribution is -2.21. The van der Waals surface area contributed by atoms with Gasteiger partial charge in [0.1, 0.15) is 0 Å². The van der Waals surface area contributed by atoms with Gasteiger partial charge in [0, 0.05) is 11.3 Å². The molecule has 0 spiro atoms. The van der Waals surface area contributed by atoms with Gasteiger partial charge in [0.15, 0.2) is 0 Å². The zero-order chi connectivity index (χ0) is 12.8. The maximum absolute atomic E-state index is 6.00. The first-order valence-electron chi connectivity index (χ1n) is 5.75. The SMILES string of the molecule is CSC(C)CCNC(C)c1ccc(Cl)c(Cl)c1. The Morgan fingerprint density at radius 1 is 1.24 bits per heavy atom. The van der Waals surface area contributed by atoms with Crippen LogP contribution in [-0.4, -0.2) is 18.1 Å². The van der Waals surface area contributed by atoms with Crippen molar-refractivity contribution in [2.24, 2.45) is 0 Å². The van der Waals surface area contributed by atoms with Gasteiger partial charge in [-0.25, -0.2) is 0 Å². The van der Waals surface area contributed by atoms with Crippen LogP contribution in [0.25, 0.3) is 0 Å². The molecule has 1 nitrogen and oxygen atoms in total. The van der Waals surface area contributed by atoms with Crippen LogP contribution in [0.1, 0.15) is 31.9 Å². The van der Waals surface area contributed by atoms with E-state index in [1.54, 1.807) is 0 Å². The third-order valence-electron chi connectivity index (χ3n) is 2.85. The number of hydrogen-bond acceptors (Lipinski definition) is 2. The van der Waals surface area contributed by atoms with Gasteiger partial charge < -0.3 is 5.32 Å². The molecule has 0 bridgehead atoms. The number of thioether (sulfide) groups is 1. The van der Waals surface area contributed by atoms with Crippen molar-refractivity contribution in [1.82, 2.24) is 5.32 Å². The molecule has 2 atom stereocenters. The fourth-order valence-corrected chi connectivity index (χ4v) is 2.18. The topological polar surface area (TPSA) is 12.0 Å². The minimum atomic E-state index is 0.304. The van der Waals surface area contributed by atoms with Crippen LogP contribution in [0.3, 0.4) is 0 Å². The molecule has 0 aromatic heterocycles. The third kappa shape index (κ3) is 5.09. The Morgan fingerprint density at radius 2 is 1.94 bits per heavy atom. The van der Waals surface area contributed by atoms with E-state index in [2.05, 4.69) is 25.4 Å². The van der Waals surface area contributed by atoms with Gasteiger partial charge in [-0.05, 0) is 43.8 Å². The first-order valence-corrected chi connectivity index (χ1v) is 7.80. The average molecular weight is 292 g/mol. The summed E-state index contributed by atoms with van der Waals surface area (Å²) in [6.07, 6.45) is 3.32. The molecule has 1 aromatic rings. The van der Waals surface area contributed by atoms with Crippen LogP contribution in [0.2, 0.25) is 10.0 Å². The van der Waals surface area contributed by atoms with Crippen molar-refractivity contribution in [3.8, 4) is 0 Å². The molecule has 17 heavy (non-hydrogen) atoms. The van der Waals surface area contributed by atoms with E-state index in [1.165, 1.54) is 12.0 Å². The first kappa shape index (κ1) is 15.2. The lowest BCUT2D eigenvalue weighted by atomic mass is 10.1. The second-order valence-corrected chi connectivity index (χ2v) is 6.27. The lowest BCUT2D eigenvalue weighted by molar-refractivity contribution is 0.558. The largest absolute Gasteiger partial charge is 0.310 e. The van der Waals surface area contributed by atoms with E-state index in [0.29, 0.717) is 21.3 Å². The highest BCUT2D eigenvalue weighted by atomic mass is 35.5. The van der Waals surface area contributed by atoms with Crippen molar-refractivity contribution in [3.05, 3.63) is 33.8 Å². The molecule has 0 saturated heterocycles. The Bertz CT molecular complexity index is 357. The molecule has 0 radical (unpaired) electrons. The van der Waals surface area contributed by atoms with Crippen molar-refractivity contribution in [2.45, 2.75) is 31.6 Å². The van der Waals surface area contributed by atoms with Crippen LogP contribution in [0.15, 0.2) is 18.2 Å². The molecule has 1 aromatic carbocycles. The van der Waals surface area contributed by atoms with E-state index in [1.807, 2.05) is 30.0 Å². The van der Waals surface area contributed by atoms with Crippen molar-refractivity contribution in [1.29, 1.82) is 0 Å². The molecule has 0 aliphatic heterocycles. The summed E-state index contributed by atoms with van der Waals surface area (Å²) in [7, 11) is 0. The Morgan fingerprint density at radius 3 is 2.53 bits per heavy atom. The zero-order valence-electron chi connectivity index (χ0n) is 10.5. The van der Waals surface area contributed by atoms with Crippen LogP contribution in [0.4, 0.5) is 0 Å². The second kappa shape index (κ2) is 7.52. The van der Waals surface area contributed by atoms with E-state index in [0.717, 1.165) is 6.54 Å². The fourth-order valence-electron chi connectivity index (χ4n) is 1.52. The summed E-state index contributed by atoms with van der Waals surface area (Å²) in [5.41, 5.74) is 1.18. The van der Waals surface area contributed by atoms with Crippen molar-refractivity contribution in [3.63, 3.8) is 0 Å². The van der Waals surface area contributed by atoms with Gasteiger partial charge in [-0.15, -0.1) is 0 Å². The molecular formula is C13H19Cl2NS. The fraction of sp³-hybridized carbons (Fsp3) is 0.538. The minimum Gasteiger partial charge on any atom is -0.310 e. The highest BCUT2D eigenvalue weighted by molar-refractivity contribution is 7.99. The lowest BCUT2D eigenvalue weighted by Gasteiger charge is -2.16. The molecule has 4 heteroatoms. The summed E-state index contributed by atoms with van der Waals surface area (Å²) in [6.45, 7) is 5.41. The molecule has 2 unspecified atom stereocenters. The summed E-state index contributed by atoms with van der Waals surface area (Å²) < 4.78 is 0. The average Bonchev–Trinajstić information content (AvgIpc) is 2.32. The van der Waals surface area contributed by atoms with Gasteiger partial charge in [0.05, 0.1) is 10.0 Å². The maximum Gasteiger partial charge on any atom is 0.0595 e. The summed E-state index contributed by atoms with van der Waals surface area (Å²) in [5, 5.41) is 5.42. The molecule has 0 aliphatic rings. The van der Waals surface area contributed by atoms with Crippen molar-refractivity contribution in [2.75, 3.05) is 12.8 Å². The van der Waals surface area contributed by atoms with Crippen molar-refractivity contribution < 1.29 is 0 Å². The van der Waals surface area contributed by atoms with E-state index >= 15 is 0 Å². The van der Waals surface area contributed by atoms with E-state index in [9.17, 15) is 0 Å². The summed E-state index contributed by atoms with van der Waals surface area (Å²) >= 11 is 13.8. The maximum atomic E-state index is 6.00. The Hall–Kier alpha value is 0.110. The Balaban J connectivity index is 2.46. The van der Waals surface area contributed by atoms with E-state index < -0.39 is 0 Å². The van der Waals surface area contributed by atoms with Gasteiger partial charge >= 0.3 is 0 Å². The molecule has 0 heterocycles. The standard InChI is InChI=1S/C13H19Cl2NS/c1-9(17-3)6-7-16-10(2)11-4-5-12(14)13(15)8-11/h4-5,8-10,16H,6-7H2,1-3H3. The summed E-state index contributed by atoms with van der Waals surface area (Å²) in [4.78, 5) is 0. The highest BCUT2D eigenvalue weighted by Gasteiger charge is 2.07. The van der Waals surface area contributed by atoms with Crippen LogP contribution in [-0.2, 0) is 0 Å². The Labute approximate surface area is 118 Å². The molecule has 0 saturated carbocycles. The summed E-state index contributed by atoms with van der Waals surface area (Å²) in [6, 6.07) is 6.10. The Kier molecular flexibility index (Phi) is 6.71. The number of benzene rings is 1. The van der Waals surface area contributed by atoms with Gasteiger partial charge in [-0.2, -0.15) is 11.8 Å². The van der Waals surface area contributed by atoms with E-state index in [-0.39, 0.29) is 0 Å². The number of rotatable bonds is 6. The smallest absolute Gasteiger partial charge is 0.0595 e. The predicted octanol–water partition coefficient (Wildman–Crippen LogP) is 4.79. The second-order valence-electron chi connectivity index (χ2n) is 4.18. The number of hydrogen-bond donors (Lipinski definition) is 1. The molecule has 96 valence electrons. The van der Waals surface area contributed by atoms with Crippen molar-refractivity contribution >= 4 is 35.0 Å². The van der Waals surface area contributed by atoms with Crippen LogP contribution in [0, 0.1) is 0 Å². The van der Waals surface area contributed by atoms with Gasteiger partial charge in [0.25, 0.3) is 0 Å². The summed E-state index contributed by atoms with van der Waals surface area (Å²) in [5.74, 6) is 0. The molecule has 0 fully saturated rings. The predicted molar refractivity (Wildman–Crippen MR) is 80.5 cm³/mol. The van der Waals surface area contributed by atoms with Gasteiger partial charge in [-0.1, -0.05) is 36.2 Å². The normalized spacial score (nSPS) is 14.6. The quantitative estimate of drug-likeness (QED) is 0.809.